The minimum absolute atomic E-state index is 0.467. The van der Waals surface area contributed by atoms with Crippen molar-refractivity contribution in [3.8, 4) is 5.88 Å². The van der Waals surface area contributed by atoms with Crippen LogP contribution in [0, 0.1) is 5.92 Å². The van der Waals surface area contributed by atoms with E-state index >= 15 is 0 Å². The summed E-state index contributed by atoms with van der Waals surface area (Å²) < 4.78 is 5.68. The average Bonchev–Trinajstić information content (AvgIpc) is 2.68. The summed E-state index contributed by atoms with van der Waals surface area (Å²) in [4.78, 5) is 4.51. The number of pyridine rings is 1. The van der Waals surface area contributed by atoms with Crippen LogP contribution in [-0.4, -0.2) is 17.6 Å². The molecule has 0 aliphatic heterocycles. The Balaban J connectivity index is 1.98. The van der Waals surface area contributed by atoms with Gasteiger partial charge in [-0.15, -0.1) is 0 Å². The maximum atomic E-state index is 5.92. The van der Waals surface area contributed by atoms with E-state index in [0.717, 1.165) is 5.82 Å². The Labute approximate surface area is 122 Å². The van der Waals surface area contributed by atoms with Gasteiger partial charge >= 0.3 is 0 Å². The van der Waals surface area contributed by atoms with Crippen LogP contribution in [0.15, 0.2) is 12.1 Å². The summed E-state index contributed by atoms with van der Waals surface area (Å²) in [5.74, 6) is 1.90. The molecule has 1 fully saturated rings. The highest BCUT2D eigenvalue weighted by atomic mass is 16.5. The van der Waals surface area contributed by atoms with E-state index in [1.807, 2.05) is 12.1 Å². The van der Waals surface area contributed by atoms with Crippen LogP contribution in [0.25, 0.3) is 0 Å². The summed E-state index contributed by atoms with van der Waals surface area (Å²) in [5, 5.41) is 3.53. The van der Waals surface area contributed by atoms with E-state index < -0.39 is 0 Å². The maximum Gasteiger partial charge on any atom is 0.239 e. The molecule has 4 nitrogen and oxygen atoms in total. The molecule has 1 aliphatic carbocycles. The van der Waals surface area contributed by atoms with E-state index in [0.29, 0.717) is 30.1 Å². The number of hydrogen-bond acceptors (Lipinski definition) is 4. The zero-order chi connectivity index (χ0) is 14.4. The second kappa shape index (κ2) is 7.36. The Morgan fingerprint density at radius 2 is 1.95 bits per heavy atom. The molecule has 0 radical (unpaired) electrons. The summed E-state index contributed by atoms with van der Waals surface area (Å²) in [5.41, 5.74) is 6.53. The first-order valence-corrected chi connectivity index (χ1v) is 7.81. The first-order valence-electron chi connectivity index (χ1n) is 7.81. The molecule has 0 unspecified atom stereocenters. The van der Waals surface area contributed by atoms with Crippen molar-refractivity contribution in [2.45, 2.75) is 58.4 Å². The van der Waals surface area contributed by atoms with Crippen LogP contribution >= 0.6 is 0 Å². The molecule has 0 saturated heterocycles. The molecule has 3 N–H and O–H groups in total. The molecule has 1 aliphatic rings. The Morgan fingerprint density at radius 3 is 2.60 bits per heavy atom. The molecule has 20 heavy (non-hydrogen) atoms. The summed E-state index contributed by atoms with van der Waals surface area (Å²) in [6.07, 6.45) is 7.79. The van der Waals surface area contributed by atoms with Gasteiger partial charge in [0.1, 0.15) is 5.82 Å². The van der Waals surface area contributed by atoms with Crippen LogP contribution in [0.4, 0.5) is 11.5 Å². The molecule has 0 aromatic carbocycles. The van der Waals surface area contributed by atoms with Gasteiger partial charge in [0.2, 0.25) is 5.88 Å². The topological polar surface area (TPSA) is 60.2 Å². The standard InChI is InChI=1S/C16H27N3O/c1-12(2)11-20-16-14(17)9-10-15(19-16)18-13-7-5-3-4-6-8-13/h9-10,12-13H,3-8,11,17H2,1-2H3,(H,18,19). The van der Waals surface area contributed by atoms with E-state index in [2.05, 4.69) is 24.1 Å². The van der Waals surface area contributed by atoms with Gasteiger partial charge in [0.15, 0.2) is 0 Å². The molecule has 0 spiro atoms. The Bertz CT molecular complexity index is 412. The molecule has 0 amide bonds. The van der Waals surface area contributed by atoms with Crippen LogP contribution in [0.2, 0.25) is 0 Å². The van der Waals surface area contributed by atoms with E-state index in [-0.39, 0.29) is 0 Å². The van der Waals surface area contributed by atoms with Gasteiger partial charge in [-0.05, 0) is 30.9 Å². The van der Waals surface area contributed by atoms with Gasteiger partial charge in [-0.3, -0.25) is 0 Å². The fourth-order valence-electron chi connectivity index (χ4n) is 2.53. The number of aromatic nitrogens is 1. The van der Waals surface area contributed by atoms with Gasteiger partial charge in [0.05, 0.1) is 12.3 Å². The lowest BCUT2D eigenvalue weighted by molar-refractivity contribution is 0.263. The second-order valence-electron chi connectivity index (χ2n) is 6.13. The fraction of sp³-hybridized carbons (Fsp3) is 0.688. The number of anilines is 2. The van der Waals surface area contributed by atoms with Gasteiger partial charge in [-0.1, -0.05) is 39.5 Å². The molecule has 1 aromatic heterocycles. The number of nitrogen functional groups attached to an aromatic ring is 1. The molecule has 0 atom stereocenters. The van der Waals surface area contributed by atoms with Gasteiger partial charge < -0.3 is 15.8 Å². The molecule has 0 bridgehead atoms. The number of nitrogens with one attached hydrogen (secondary N) is 1. The minimum atomic E-state index is 0.467. The van der Waals surface area contributed by atoms with Crippen LogP contribution in [0.3, 0.4) is 0 Å². The van der Waals surface area contributed by atoms with Crippen molar-refractivity contribution in [2.24, 2.45) is 5.92 Å². The Kier molecular flexibility index (Phi) is 5.50. The smallest absolute Gasteiger partial charge is 0.239 e. The van der Waals surface area contributed by atoms with Gasteiger partial charge in [-0.25, -0.2) is 0 Å². The number of rotatable bonds is 5. The van der Waals surface area contributed by atoms with Gasteiger partial charge in [-0.2, -0.15) is 4.98 Å². The fourth-order valence-corrected chi connectivity index (χ4v) is 2.53. The molecule has 4 heteroatoms. The number of ether oxygens (including phenoxy) is 1. The zero-order valence-electron chi connectivity index (χ0n) is 12.7. The van der Waals surface area contributed by atoms with E-state index in [9.17, 15) is 0 Å². The van der Waals surface area contributed by atoms with Crippen molar-refractivity contribution in [1.82, 2.24) is 4.98 Å². The van der Waals surface area contributed by atoms with Crippen molar-refractivity contribution >= 4 is 11.5 Å². The van der Waals surface area contributed by atoms with Crippen molar-refractivity contribution in [3.63, 3.8) is 0 Å². The summed E-state index contributed by atoms with van der Waals surface area (Å²) in [7, 11) is 0. The normalized spacial score (nSPS) is 16.9. The quantitative estimate of drug-likeness (QED) is 0.803. The average molecular weight is 277 g/mol. The third-order valence-corrected chi connectivity index (χ3v) is 3.65. The first-order chi connectivity index (χ1) is 9.65. The molecule has 2 rings (SSSR count). The van der Waals surface area contributed by atoms with Crippen molar-refractivity contribution in [1.29, 1.82) is 0 Å². The zero-order valence-corrected chi connectivity index (χ0v) is 12.7. The summed E-state index contributed by atoms with van der Waals surface area (Å²) in [6.45, 7) is 4.87. The third kappa shape index (κ3) is 4.58. The summed E-state index contributed by atoms with van der Waals surface area (Å²) in [6, 6.07) is 4.36. The lowest BCUT2D eigenvalue weighted by atomic mass is 10.1. The molecule has 1 aromatic rings. The lowest BCUT2D eigenvalue weighted by Gasteiger charge is -2.18. The third-order valence-electron chi connectivity index (χ3n) is 3.65. The molecule has 1 heterocycles. The second-order valence-corrected chi connectivity index (χ2v) is 6.13. The van der Waals surface area contributed by atoms with E-state index in [1.165, 1.54) is 38.5 Å². The predicted molar refractivity (Wildman–Crippen MR) is 84.1 cm³/mol. The van der Waals surface area contributed by atoms with Gasteiger partial charge in [0.25, 0.3) is 0 Å². The van der Waals surface area contributed by atoms with Crippen molar-refractivity contribution in [2.75, 3.05) is 17.7 Å². The number of nitrogens with zero attached hydrogens (tertiary/aromatic N) is 1. The SMILES string of the molecule is CC(C)COc1nc(NC2CCCCCC2)ccc1N. The van der Waals surface area contributed by atoms with Crippen molar-refractivity contribution in [3.05, 3.63) is 12.1 Å². The van der Waals surface area contributed by atoms with Crippen molar-refractivity contribution < 1.29 is 4.74 Å². The minimum Gasteiger partial charge on any atom is -0.476 e. The van der Waals surface area contributed by atoms with E-state index in [4.69, 9.17) is 10.5 Å². The molecular formula is C16H27N3O. The van der Waals surface area contributed by atoms with Crippen LogP contribution in [0.5, 0.6) is 5.88 Å². The maximum absolute atomic E-state index is 5.92. The molecule has 112 valence electrons. The van der Waals surface area contributed by atoms with E-state index in [1.54, 1.807) is 0 Å². The van der Waals surface area contributed by atoms with Crippen LogP contribution < -0.4 is 15.8 Å². The van der Waals surface area contributed by atoms with Crippen LogP contribution in [0.1, 0.15) is 52.4 Å². The largest absolute Gasteiger partial charge is 0.476 e. The molecular weight excluding hydrogens is 250 g/mol. The molecule has 1 saturated carbocycles. The highest BCUT2D eigenvalue weighted by molar-refractivity contribution is 5.53. The Hall–Kier alpha value is -1.45. The summed E-state index contributed by atoms with van der Waals surface area (Å²) >= 11 is 0. The number of hydrogen-bond donors (Lipinski definition) is 2. The lowest BCUT2D eigenvalue weighted by Crippen LogP contribution is -2.19. The van der Waals surface area contributed by atoms with Gasteiger partial charge in [0, 0.05) is 6.04 Å². The number of nitrogens with two attached hydrogens (primary N) is 1. The van der Waals surface area contributed by atoms with Crippen LogP contribution in [-0.2, 0) is 0 Å². The highest BCUT2D eigenvalue weighted by Gasteiger charge is 2.13. The highest BCUT2D eigenvalue weighted by Crippen LogP contribution is 2.24. The predicted octanol–water partition coefficient (Wildman–Crippen LogP) is 3.83. The first kappa shape index (κ1) is 14.9. The Morgan fingerprint density at radius 1 is 1.25 bits per heavy atom. The monoisotopic (exact) mass is 277 g/mol.